The number of aromatic nitrogens is 2. The summed E-state index contributed by atoms with van der Waals surface area (Å²) in [6.07, 6.45) is 10.4. The van der Waals surface area contributed by atoms with Crippen molar-refractivity contribution in [3.05, 3.63) is 42.1 Å². The number of carbonyl (C=O) groups is 1. The number of oxazole rings is 1. The number of pyridine rings is 1. The van der Waals surface area contributed by atoms with E-state index in [1.165, 1.54) is 38.5 Å². The molecule has 0 saturated heterocycles. The Hall–Kier alpha value is -2.69. The molecule has 2 heterocycles. The maximum absolute atomic E-state index is 13.0. The first-order chi connectivity index (χ1) is 14.6. The third kappa shape index (κ3) is 3.11. The highest BCUT2D eigenvalue weighted by molar-refractivity contribution is 5.92. The van der Waals surface area contributed by atoms with Crippen molar-refractivity contribution in [2.24, 2.45) is 23.2 Å². The van der Waals surface area contributed by atoms with Gasteiger partial charge in [0.1, 0.15) is 0 Å². The van der Waals surface area contributed by atoms with Crippen LogP contribution >= 0.6 is 0 Å². The molecule has 0 unspecified atom stereocenters. The van der Waals surface area contributed by atoms with Crippen molar-refractivity contribution in [1.29, 1.82) is 0 Å². The second-order valence-corrected chi connectivity index (χ2v) is 10.0. The molecule has 1 aromatic carbocycles. The number of anilines is 1. The summed E-state index contributed by atoms with van der Waals surface area (Å²) in [5, 5.41) is 3.19. The van der Waals surface area contributed by atoms with Gasteiger partial charge in [0, 0.05) is 23.9 Å². The van der Waals surface area contributed by atoms with Gasteiger partial charge in [0.15, 0.2) is 11.2 Å². The number of carbonyl (C=O) groups excluding carboxylic acids is 1. The van der Waals surface area contributed by atoms with Crippen LogP contribution in [0.4, 0.5) is 5.69 Å². The number of hydrogen-bond acceptors (Lipinski definition) is 4. The van der Waals surface area contributed by atoms with Crippen LogP contribution in [-0.4, -0.2) is 15.9 Å². The zero-order valence-electron chi connectivity index (χ0n) is 17.4. The summed E-state index contributed by atoms with van der Waals surface area (Å²) in [5.41, 5.74) is 4.34. The summed E-state index contributed by atoms with van der Waals surface area (Å²) >= 11 is 0. The minimum absolute atomic E-state index is 0.166. The number of benzene rings is 1. The van der Waals surface area contributed by atoms with Crippen LogP contribution in [0.15, 0.2) is 40.9 Å². The molecule has 154 valence electrons. The van der Waals surface area contributed by atoms with Crippen LogP contribution in [0.25, 0.3) is 22.7 Å². The molecule has 2 aromatic heterocycles. The van der Waals surface area contributed by atoms with Gasteiger partial charge in [0.25, 0.3) is 0 Å². The molecule has 4 bridgehead atoms. The highest BCUT2D eigenvalue weighted by atomic mass is 16.3. The number of hydrogen-bond donors (Lipinski definition) is 1. The van der Waals surface area contributed by atoms with Crippen molar-refractivity contribution in [2.75, 3.05) is 5.32 Å². The van der Waals surface area contributed by atoms with Crippen molar-refractivity contribution < 1.29 is 9.21 Å². The second kappa shape index (κ2) is 6.66. The Bertz CT molecular complexity index is 1060. The number of rotatable bonds is 4. The van der Waals surface area contributed by atoms with Crippen LogP contribution in [0.1, 0.15) is 50.5 Å². The van der Waals surface area contributed by atoms with E-state index in [-0.39, 0.29) is 11.3 Å². The van der Waals surface area contributed by atoms with Gasteiger partial charge in [0.2, 0.25) is 11.8 Å². The third-order valence-electron chi connectivity index (χ3n) is 7.61. The lowest BCUT2D eigenvalue weighted by molar-refractivity contribution is -0.124. The number of nitrogens with one attached hydrogen (secondary N) is 1. The Balaban J connectivity index is 1.18. The van der Waals surface area contributed by atoms with Gasteiger partial charge in [-0.3, -0.25) is 4.79 Å². The predicted octanol–water partition coefficient (Wildman–Crippen LogP) is 5.74. The van der Waals surface area contributed by atoms with E-state index >= 15 is 0 Å². The highest BCUT2D eigenvalue weighted by Crippen LogP contribution is 2.61. The summed E-state index contributed by atoms with van der Waals surface area (Å²) < 4.78 is 5.83. The maximum atomic E-state index is 13.0. The molecule has 30 heavy (non-hydrogen) atoms. The smallest absolute Gasteiger partial charge is 0.228 e. The molecule has 0 aliphatic heterocycles. The quantitative estimate of drug-likeness (QED) is 0.605. The Morgan fingerprint density at radius 1 is 1.13 bits per heavy atom. The molecule has 0 radical (unpaired) electrons. The van der Waals surface area contributed by atoms with Crippen LogP contribution in [0, 0.1) is 30.1 Å². The molecule has 4 aliphatic carbocycles. The lowest BCUT2D eigenvalue weighted by atomic mass is 9.49. The monoisotopic (exact) mass is 401 g/mol. The van der Waals surface area contributed by atoms with E-state index in [9.17, 15) is 4.79 Å². The normalized spacial score (nSPS) is 29.4. The maximum Gasteiger partial charge on any atom is 0.228 e. The number of amides is 1. The zero-order valence-corrected chi connectivity index (χ0v) is 17.4. The lowest BCUT2D eigenvalue weighted by Gasteiger charge is -2.56. The highest BCUT2D eigenvalue weighted by Gasteiger charge is 2.51. The van der Waals surface area contributed by atoms with Crippen molar-refractivity contribution in [2.45, 2.75) is 51.9 Å². The molecule has 7 rings (SSSR count). The fraction of sp³-hybridized carbons (Fsp3) is 0.480. The molecule has 5 heteroatoms. The Morgan fingerprint density at radius 3 is 2.53 bits per heavy atom. The fourth-order valence-electron chi connectivity index (χ4n) is 6.87. The van der Waals surface area contributed by atoms with Gasteiger partial charge in [-0.1, -0.05) is 0 Å². The Kier molecular flexibility index (Phi) is 4.02. The molecular formula is C25H27N3O2. The summed E-state index contributed by atoms with van der Waals surface area (Å²) in [5.74, 6) is 3.33. The summed E-state index contributed by atoms with van der Waals surface area (Å²) in [4.78, 5) is 21.7. The molecule has 1 amide bonds. The van der Waals surface area contributed by atoms with Crippen molar-refractivity contribution in [1.82, 2.24) is 9.97 Å². The third-order valence-corrected chi connectivity index (χ3v) is 7.61. The van der Waals surface area contributed by atoms with Crippen LogP contribution in [0.5, 0.6) is 0 Å². The van der Waals surface area contributed by atoms with Crippen LogP contribution in [0.3, 0.4) is 0 Å². The fourth-order valence-corrected chi connectivity index (χ4v) is 6.87. The van der Waals surface area contributed by atoms with Gasteiger partial charge in [-0.15, -0.1) is 0 Å². The van der Waals surface area contributed by atoms with E-state index < -0.39 is 0 Å². The minimum atomic E-state index is 0.166. The van der Waals surface area contributed by atoms with Crippen LogP contribution in [-0.2, 0) is 4.79 Å². The zero-order chi connectivity index (χ0) is 20.3. The Labute approximate surface area is 176 Å². The van der Waals surface area contributed by atoms with Crippen LogP contribution < -0.4 is 5.32 Å². The van der Waals surface area contributed by atoms with Crippen molar-refractivity contribution >= 4 is 22.8 Å². The molecule has 5 nitrogen and oxygen atoms in total. The van der Waals surface area contributed by atoms with E-state index in [0.29, 0.717) is 23.5 Å². The largest absolute Gasteiger partial charge is 0.434 e. The second-order valence-electron chi connectivity index (χ2n) is 10.0. The number of aryl methyl sites for hydroxylation is 1. The van der Waals surface area contributed by atoms with E-state index in [1.807, 2.05) is 37.3 Å². The van der Waals surface area contributed by atoms with Gasteiger partial charge in [-0.05, 0) is 105 Å². The molecule has 3 aromatic rings. The minimum Gasteiger partial charge on any atom is -0.434 e. The van der Waals surface area contributed by atoms with Crippen molar-refractivity contribution in [3.63, 3.8) is 0 Å². The molecule has 1 N–H and O–H groups in total. The van der Waals surface area contributed by atoms with E-state index in [4.69, 9.17) is 4.42 Å². The molecule has 4 saturated carbocycles. The van der Waals surface area contributed by atoms with Crippen molar-refractivity contribution in [3.8, 4) is 11.5 Å². The average molecular weight is 402 g/mol. The first-order valence-electron chi connectivity index (χ1n) is 11.2. The topological polar surface area (TPSA) is 68.0 Å². The first kappa shape index (κ1) is 18.1. The van der Waals surface area contributed by atoms with Gasteiger partial charge < -0.3 is 9.73 Å². The van der Waals surface area contributed by atoms with Gasteiger partial charge in [0.05, 0.1) is 0 Å². The standard InChI is InChI=1S/C25H27N3O2/c1-15-7-19(24-28-23-21(30-24)3-2-6-26-23)4-5-20(15)27-22(29)14-25-11-16-8-17(12-25)10-18(9-16)13-25/h2-7,16-18H,8-14H2,1H3,(H,27,29). The van der Waals surface area contributed by atoms with Gasteiger partial charge in [-0.25, -0.2) is 4.98 Å². The number of fused-ring (bicyclic) bond motifs is 1. The van der Waals surface area contributed by atoms with Gasteiger partial charge >= 0.3 is 0 Å². The van der Waals surface area contributed by atoms with E-state index in [2.05, 4.69) is 15.3 Å². The first-order valence-corrected chi connectivity index (χ1v) is 11.2. The molecule has 4 fully saturated rings. The molecule has 4 aliphatic rings. The predicted molar refractivity (Wildman–Crippen MR) is 116 cm³/mol. The SMILES string of the molecule is Cc1cc(-c2nc3ncccc3o2)ccc1NC(=O)CC12CC3CC(CC(C3)C1)C2. The lowest BCUT2D eigenvalue weighted by Crippen LogP contribution is -2.47. The summed E-state index contributed by atoms with van der Waals surface area (Å²) in [6, 6.07) is 9.64. The van der Waals surface area contributed by atoms with E-state index in [0.717, 1.165) is 34.6 Å². The van der Waals surface area contributed by atoms with Gasteiger partial charge in [-0.2, -0.15) is 4.98 Å². The summed E-state index contributed by atoms with van der Waals surface area (Å²) in [7, 11) is 0. The molecule has 0 atom stereocenters. The van der Waals surface area contributed by atoms with Crippen LogP contribution in [0.2, 0.25) is 0 Å². The molecule has 0 spiro atoms. The number of nitrogens with zero attached hydrogens (tertiary/aromatic N) is 2. The van der Waals surface area contributed by atoms with E-state index in [1.54, 1.807) is 6.20 Å². The molecular weight excluding hydrogens is 374 g/mol. The average Bonchev–Trinajstić information content (AvgIpc) is 3.12. The Morgan fingerprint density at radius 2 is 1.87 bits per heavy atom. The summed E-state index contributed by atoms with van der Waals surface area (Å²) in [6.45, 7) is 2.02.